The molecule has 0 aromatic heterocycles. The van der Waals surface area contributed by atoms with Crippen molar-refractivity contribution < 1.29 is 0 Å². The fourth-order valence-corrected chi connectivity index (χ4v) is 4.39. The Labute approximate surface area is 128 Å². The zero-order chi connectivity index (χ0) is 14.4. The average Bonchev–Trinajstić information content (AvgIpc) is 2.48. The highest BCUT2D eigenvalue weighted by Gasteiger charge is 2.30. The van der Waals surface area contributed by atoms with Crippen molar-refractivity contribution in [1.29, 1.82) is 0 Å². The van der Waals surface area contributed by atoms with Crippen LogP contribution in [-0.2, 0) is 5.41 Å². The number of rotatable bonds is 6. The molecule has 1 fully saturated rings. The second-order valence-electron chi connectivity index (χ2n) is 6.09. The molecule has 0 spiro atoms. The van der Waals surface area contributed by atoms with Gasteiger partial charge in [-0.25, -0.2) is 0 Å². The minimum Gasteiger partial charge on any atom is -0.319 e. The zero-order valence-electron chi connectivity index (χ0n) is 13.1. The van der Waals surface area contributed by atoms with Crippen molar-refractivity contribution >= 4 is 11.8 Å². The number of hydrogen-bond donors (Lipinski definition) is 1. The quantitative estimate of drug-likeness (QED) is 0.868. The Morgan fingerprint density at radius 3 is 2.75 bits per heavy atom. The van der Waals surface area contributed by atoms with Crippen LogP contribution in [0.5, 0.6) is 0 Å². The van der Waals surface area contributed by atoms with Crippen molar-refractivity contribution in [3.63, 3.8) is 0 Å². The highest BCUT2D eigenvalue weighted by atomic mass is 32.2. The zero-order valence-corrected chi connectivity index (χ0v) is 13.9. The molecule has 0 bridgehead atoms. The number of nitrogens with one attached hydrogen (secondary N) is 1. The Balaban J connectivity index is 2.09. The molecule has 1 aliphatic heterocycles. The van der Waals surface area contributed by atoms with E-state index in [1.807, 2.05) is 0 Å². The fraction of sp³-hybridized carbons (Fsp3) is 0.647. The molecular formula is C17H28N2S. The number of thioether (sulfide) groups is 1. The molecular weight excluding hydrogens is 264 g/mol. The van der Waals surface area contributed by atoms with Crippen LogP contribution in [0.3, 0.4) is 0 Å². The van der Waals surface area contributed by atoms with E-state index >= 15 is 0 Å². The molecule has 1 aliphatic rings. The van der Waals surface area contributed by atoms with Gasteiger partial charge in [-0.1, -0.05) is 44.2 Å². The monoisotopic (exact) mass is 292 g/mol. The summed E-state index contributed by atoms with van der Waals surface area (Å²) in [5, 5.41) is 4.21. The molecule has 2 unspecified atom stereocenters. The van der Waals surface area contributed by atoms with Gasteiger partial charge in [0.1, 0.15) is 0 Å². The van der Waals surface area contributed by atoms with Gasteiger partial charge in [0.05, 0.1) is 0 Å². The van der Waals surface area contributed by atoms with E-state index in [-0.39, 0.29) is 5.41 Å². The first kappa shape index (κ1) is 15.9. The third kappa shape index (κ3) is 4.00. The Bertz CT molecular complexity index is 395. The van der Waals surface area contributed by atoms with Gasteiger partial charge in [0, 0.05) is 42.6 Å². The van der Waals surface area contributed by atoms with Crippen LogP contribution < -0.4 is 5.32 Å². The SMILES string of the molecule is CCC1CN(CC(C)(CNC)c2ccccc2)CCS1. The van der Waals surface area contributed by atoms with E-state index < -0.39 is 0 Å². The van der Waals surface area contributed by atoms with Gasteiger partial charge in [-0.3, -0.25) is 0 Å². The summed E-state index contributed by atoms with van der Waals surface area (Å²) in [7, 11) is 2.06. The highest BCUT2D eigenvalue weighted by Crippen LogP contribution is 2.28. The molecule has 2 atom stereocenters. The van der Waals surface area contributed by atoms with E-state index in [0.717, 1.165) is 18.3 Å². The summed E-state index contributed by atoms with van der Waals surface area (Å²) in [6.07, 6.45) is 1.29. The summed E-state index contributed by atoms with van der Waals surface area (Å²) >= 11 is 2.14. The summed E-state index contributed by atoms with van der Waals surface area (Å²) in [5.41, 5.74) is 1.64. The van der Waals surface area contributed by atoms with Crippen LogP contribution in [0, 0.1) is 0 Å². The van der Waals surface area contributed by atoms with Crippen LogP contribution in [0.25, 0.3) is 0 Å². The van der Waals surface area contributed by atoms with E-state index in [4.69, 9.17) is 0 Å². The number of benzene rings is 1. The first-order chi connectivity index (χ1) is 9.68. The lowest BCUT2D eigenvalue weighted by Gasteiger charge is -2.39. The lowest BCUT2D eigenvalue weighted by atomic mass is 9.81. The van der Waals surface area contributed by atoms with Crippen LogP contribution in [0.1, 0.15) is 25.8 Å². The standard InChI is InChI=1S/C17H28N2S/c1-4-16-12-19(10-11-20-16)14-17(2,13-18-3)15-8-6-5-7-9-15/h5-9,16,18H,4,10-14H2,1-3H3. The van der Waals surface area contributed by atoms with E-state index in [1.165, 1.54) is 30.8 Å². The predicted molar refractivity (Wildman–Crippen MR) is 90.7 cm³/mol. The Morgan fingerprint density at radius 2 is 2.10 bits per heavy atom. The lowest BCUT2D eigenvalue weighted by Crippen LogP contribution is -2.48. The van der Waals surface area contributed by atoms with Gasteiger partial charge in [0.15, 0.2) is 0 Å². The Hall–Kier alpha value is -0.510. The summed E-state index contributed by atoms with van der Waals surface area (Å²) in [5.74, 6) is 1.28. The molecule has 1 aromatic carbocycles. The van der Waals surface area contributed by atoms with Crippen molar-refractivity contribution in [3.8, 4) is 0 Å². The minimum absolute atomic E-state index is 0.191. The molecule has 2 rings (SSSR count). The van der Waals surface area contributed by atoms with Gasteiger partial charge in [0.25, 0.3) is 0 Å². The first-order valence-corrected chi connectivity index (χ1v) is 8.77. The van der Waals surface area contributed by atoms with Gasteiger partial charge in [0.2, 0.25) is 0 Å². The Morgan fingerprint density at radius 1 is 1.35 bits per heavy atom. The molecule has 112 valence electrons. The molecule has 3 heteroatoms. The van der Waals surface area contributed by atoms with Gasteiger partial charge < -0.3 is 10.2 Å². The Kier molecular flexibility index (Phi) is 5.94. The molecule has 0 radical (unpaired) electrons. The van der Waals surface area contributed by atoms with E-state index in [1.54, 1.807) is 0 Å². The van der Waals surface area contributed by atoms with Crippen LogP contribution in [-0.4, -0.2) is 49.1 Å². The normalized spacial score (nSPS) is 23.4. The van der Waals surface area contributed by atoms with Gasteiger partial charge >= 0.3 is 0 Å². The molecule has 1 saturated heterocycles. The van der Waals surface area contributed by atoms with Crippen molar-refractivity contribution in [3.05, 3.63) is 35.9 Å². The second-order valence-corrected chi connectivity index (χ2v) is 7.50. The second kappa shape index (κ2) is 7.48. The maximum Gasteiger partial charge on any atom is 0.0176 e. The molecule has 0 saturated carbocycles. The summed E-state index contributed by atoms with van der Waals surface area (Å²) in [6.45, 7) is 9.35. The highest BCUT2D eigenvalue weighted by molar-refractivity contribution is 8.00. The first-order valence-electron chi connectivity index (χ1n) is 7.72. The van der Waals surface area contributed by atoms with Crippen LogP contribution in [0.15, 0.2) is 30.3 Å². The molecule has 0 aliphatic carbocycles. The maximum absolute atomic E-state index is 3.39. The van der Waals surface area contributed by atoms with Gasteiger partial charge in [-0.15, -0.1) is 0 Å². The molecule has 1 N–H and O–H groups in total. The van der Waals surface area contributed by atoms with E-state index in [2.05, 4.69) is 73.2 Å². The number of likely N-dealkylation sites (N-methyl/N-ethyl adjacent to an activating group) is 1. The third-order valence-corrected chi connectivity index (χ3v) is 5.66. The molecule has 1 heterocycles. The topological polar surface area (TPSA) is 15.3 Å². The van der Waals surface area contributed by atoms with E-state index in [0.29, 0.717) is 0 Å². The van der Waals surface area contributed by atoms with Crippen molar-refractivity contribution in [2.45, 2.75) is 30.9 Å². The number of hydrogen-bond acceptors (Lipinski definition) is 3. The molecule has 2 nitrogen and oxygen atoms in total. The van der Waals surface area contributed by atoms with Crippen LogP contribution in [0.4, 0.5) is 0 Å². The average molecular weight is 292 g/mol. The summed E-state index contributed by atoms with van der Waals surface area (Å²) in [4.78, 5) is 2.66. The summed E-state index contributed by atoms with van der Waals surface area (Å²) < 4.78 is 0. The molecule has 20 heavy (non-hydrogen) atoms. The van der Waals surface area contributed by atoms with Gasteiger partial charge in [-0.05, 0) is 19.0 Å². The molecule has 0 amide bonds. The minimum atomic E-state index is 0.191. The predicted octanol–water partition coefficient (Wildman–Crippen LogP) is 2.99. The smallest absolute Gasteiger partial charge is 0.0176 e. The summed E-state index contributed by atoms with van der Waals surface area (Å²) in [6, 6.07) is 11.0. The van der Waals surface area contributed by atoms with Crippen LogP contribution in [0.2, 0.25) is 0 Å². The van der Waals surface area contributed by atoms with Gasteiger partial charge in [-0.2, -0.15) is 11.8 Å². The fourth-order valence-electron chi connectivity index (χ4n) is 3.14. The molecule has 1 aromatic rings. The maximum atomic E-state index is 3.39. The van der Waals surface area contributed by atoms with Crippen molar-refractivity contribution in [2.75, 3.05) is 39.0 Å². The lowest BCUT2D eigenvalue weighted by molar-refractivity contribution is 0.217. The third-order valence-electron chi connectivity index (χ3n) is 4.29. The van der Waals surface area contributed by atoms with Crippen molar-refractivity contribution in [2.24, 2.45) is 0 Å². The largest absolute Gasteiger partial charge is 0.319 e. The van der Waals surface area contributed by atoms with Crippen molar-refractivity contribution in [1.82, 2.24) is 10.2 Å². The van der Waals surface area contributed by atoms with E-state index in [9.17, 15) is 0 Å². The van der Waals surface area contributed by atoms with Crippen LogP contribution >= 0.6 is 11.8 Å². The number of nitrogens with zero attached hydrogens (tertiary/aromatic N) is 1.